The number of fused-ring (bicyclic) bond motifs is 11. The Hall–Kier alpha value is -10.4. The summed E-state index contributed by atoms with van der Waals surface area (Å²) in [5, 5.41) is 9.78. The third-order valence-corrected chi connectivity index (χ3v) is 16.7. The van der Waals surface area contributed by atoms with Crippen LogP contribution in [0.25, 0.3) is 98.8 Å². The van der Waals surface area contributed by atoms with Crippen molar-refractivity contribution in [1.82, 2.24) is 9.13 Å². The Morgan fingerprint density at radius 3 is 0.817 bits per heavy atom. The van der Waals surface area contributed by atoms with Crippen LogP contribution in [0.5, 0.6) is 0 Å². The largest absolute Gasteiger partial charge is 0.311 e. The van der Waals surface area contributed by atoms with Crippen LogP contribution in [0.4, 0.5) is 34.1 Å². The SMILES string of the molecule is Cc1ccc(N(c2ccc(C)cc2)c2ccc(-c3cc4c(c5ccccc35)c3ccc5c6c7ccccc7c(-c7ccc(N(c8ccc(C)cc8)c8ccc(C)cc8)cc7)cc6n(-c6ccccc6)c5c3n4-c3ccccc3)cc2)cc1. The van der Waals surface area contributed by atoms with Gasteiger partial charge in [0.1, 0.15) is 0 Å². The van der Waals surface area contributed by atoms with E-state index in [9.17, 15) is 0 Å². The van der Waals surface area contributed by atoms with Gasteiger partial charge in [-0.1, -0.05) is 192 Å². The highest BCUT2D eigenvalue weighted by atomic mass is 15.1. The second-order valence-electron chi connectivity index (χ2n) is 22.0. The summed E-state index contributed by atoms with van der Waals surface area (Å²) in [7, 11) is 0. The highest BCUT2D eigenvalue weighted by molar-refractivity contribution is 6.33. The van der Waals surface area contributed by atoms with Gasteiger partial charge < -0.3 is 18.9 Å². The third-order valence-electron chi connectivity index (χ3n) is 16.7. The number of hydrogen-bond donors (Lipinski definition) is 0. The topological polar surface area (TPSA) is 16.3 Å². The van der Waals surface area contributed by atoms with Crippen molar-refractivity contribution in [3.8, 4) is 33.6 Å². The molecule has 0 saturated carbocycles. The predicted octanol–water partition coefficient (Wildman–Crippen LogP) is 21.7. The maximum Gasteiger partial charge on any atom is 0.0789 e. The minimum Gasteiger partial charge on any atom is -0.311 e. The predicted molar refractivity (Wildman–Crippen MR) is 349 cm³/mol. The van der Waals surface area contributed by atoms with E-state index in [2.05, 4.69) is 326 Å². The molecular formula is C78H58N4. The summed E-state index contributed by atoms with van der Waals surface area (Å²) >= 11 is 0. The average Bonchev–Trinajstić information content (AvgIpc) is 3.57. The standard InChI is InChI=1S/C78H58N4/c1-51-23-35-59(36-24-51)79(60-37-25-52(2)26-38-60)63-43-31-55(32-44-63)71-49-73-75(67-21-13-11-19-65(67)71)69-47-48-70-76-68-22-14-12-20-66(68)72(50-74(76)82(58-17-9-6-10-18-58)78(70)77(69)81(73)57-15-7-5-8-16-57)56-33-45-64(46-34-56)80(61-39-27-53(3)28-40-61)62-41-29-54(4)30-42-62/h5-50H,1-4H3. The summed E-state index contributed by atoms with van der Waals surface area (Å²) in [4.78, 5) is 4.70. The van der Waals surface area contributed by atoms with Crippen molar-refractivity contribution in [1.29, 1.82) is 0 Å². The van der Waals surface area contributed by atoms with Crippen LogP contribution in [0, 0.1) is 27.7 Å². The van der Waals surface area contributed by atoms with Crippen LogP contribution >= 0.6 is 0 Å². The average molecular weight is 1050 g/mol. The van der Waals surface area contributed by atoms with Gasteiger partial charge in [-0.3, -0.25) is 0 Å². The summed E-state index contributed by atoms with van der Waals surface area (Å²) in [6.07, 6.45) is 0. The Balaban J connectivity index is 0.966. The molecular weight excluding hydrogens is 993 g/mol. The van der Waals surface area contributed by atoms with Gasteiger partial charge >= 0.3 is 0 Å². The third kappa shape index (κ3) is 8.13. The fourth-order valence-electron chi connectivity index (χ4n) is 12.7. The van der Waals surface area contributed by atoms with Gasteiger partial charge in [0.15, 0.2) is 0 Å². The fourth-order valence-corrected chi connectivity index (χ4v) is 12.7. The summed E-state index contributed by atoms with van der Waals surface area (Å²) in [6, 6.07) is 103. The Bertz CT molecular complexity index is 4480. The lowest BCUT2D eigenvalue weighted by atomic mass is 9.93. The van der Waals surface area contributed by atoms with Crippen molar-refractivity contribution >= 4 is 99.3 Å². The molecule has 0 saturated heterocycles. The van der Waals surface area contributed by atoms with Gasteiger partial charge in [0.05, 0.1) is 22.1 Å². The van der Waals surface area contributed by atoms with E-state index in [0.29, 0.717) is 0 Å². The number of aryl methyl sites for hydroxylation is 4. The number of para-hydroxylation sites is 2. The lowest BCUT2D eigenvalue weighted by Gasteiger charge is -2.26. The molecule has 82 heavy (non-hydrogen) atoms. The van der Waals surface area contributed by atoms with Crippen LogP contribution in [-0.4, -0.2) is 9.13 Å². The first-order valence-electron chi connectivity index (χ1n) is 28.4. The highest BCUT2D eigenvalue weighted by Gasteiger charge is 2.26. The van der Waals surface area contributed by atoms with E-state index in [4.69, 9.17) is 0 Å². The zero-order valence-corrected chi connectivity index (χ0v) is 46.3. The van der Waals surface area contributed by atoms with Gasteiger partial charge in [0, 0.05) is 67.0 Å². The molecule has 0 aliphatic heterocycles. The van der Waals surface area contributed by atoms with Crippen molar-refractivity contribution in [2.45, 2.75) is 27.7 Å². The summed E-state index contributed by atoms with van der Waals surface area (Å²) < 4.78 is 5.09. The van der Waals surface area contributed by atoms with E-state index < -0.39 is 0 Å². The first-order valence-corrected chi connectivity index (χ1v) is 28.4. The molecule has 0 unspecified atom stereocenters. The summed E-state index contributed by atoms with van der Waals surface area (Å²) in [6.45, 7) is 8.57. The van der Waals surface area contributed by atoms with Gasteiger partial charge in [-0.25, -0.2) is 0 Å². The number of aromatic nitrogens is 2. The molecule has 0 bridgehead atoms. The van der Waals surface area contributed by atoms with E-state index in [-0.39, 0.29) is 0 Å². The second kappa shape index (κ2) is 19.7. The van der Waals surface area contributed by atoms with Gasteiger partial charge in [0.2, 0.25) is 0 Å². The summed E-state index contributed by atoms with van der Waals surface area (Å²) in [5.74, 6) is 0. The van der Waals surface area contributed by atoms with E-state index >= 15 is 0 Å². The quantitative estimate of drug-likeness (QED) is 0.136. The molecule has 0 fully saturated rings. The minimum absolute atomic E-state index is 1.10. The van der Waals surface area contributed by atoms with E-state index in [1.165, 1.54) is 87.5 Å². The molecule has 2 heterocycles. The molecule has 390 valence electrons. The second-order valence-corrected chi connectivity index (χ2v) is 22.0. The molecule has 0 radical (unpaired) electrons. The molecule has 4 nitrogen and oxygen atoms in total. The van der Waals surface area contributed by atoms with Gasteiger partial charge in [-0.15, -0.1) is 0 Å². The minimum atomic E-state index is 1.10. The first-order chi connectivity index (χ1) is 40.3. The monoisotopic (exact) mass is 1050 g/mol. The molecule has 4 heteroatoms. The number of rotatable bonds is 10. The molecule has 15 aromatic rings. The van der Waals surface area contributed by atoms with Crippen LogP contribution in [0.15, 0.2) is 279 Å². The number of anilines is 6. The fraction of sp³-hybridized carbons (Fsp3) is 0.0513. The van der Waals surface area contributed by atoms with Gasteiger partial charge in [0.25, 0.3) is 0 Å². The van der Waals surface area contributed by atoms with Crippen molar-refractivity contribution in [3.05, 3.63) is 301 Å². The Kier molecular flexibility index (Phi) is 11.7. The lowest BCUT2D eigenvalue weighted by molar-refractivity contribution is 1.15. The lowest BCUT2D eigenvalue weighted by Crippen LogP contribution is -2.09. The van der Waals surface area contributed by atoms with E-state index in [1.807, 2.05) is 0 Å². The van der Waals surface area contributed by atoms with Crippen LogP contribution < -0.4 is 9.80 Å². The smallest absolute Gasteiger partial charge is 0.0789 e. The number of nitrogens with zero attached hydrogens (tertiary/aromatic N) is 4. The molecule has 15 rings (SSSR count). The Morgan fingerprint density at radius 2 is 0.512 bits per heavy atom. The zero-order valence-electron chi connectivity index (χ0n) is 46.3. The number of benzene rings is 13. The molecule has 0 N–H and O–H groups in total. The Labute approximate surface area is 478 Å². The highest BCUT2D eigenvalue weighted by Crippen LogP contribution is 2.49. The van der Waals surface area contributed by atoms with E-state index in [0.717, 1.165) is 67.7 Å². The van der Waals surface area contributed by atoms with Crippen molar-refractivity contribution in [2.24, 2.45) is 0 Å². The van der Waals surface area contributed by atoms with Gasteiger partial charge in [-0.2, -0.15) is 0 Å². The zero-order chi connectivity index (χ0) is 55.0. The Morgan fingerprint density at radius 1 is 0.244 bits per heavy atom. The van der Waals surface area contributed by atoms with E-state index in [1.54, 1.807) is 0 Å². The summed E-state index contributed by atoms with van der Waals surface area (Å²) in [5.41, 5.74) is 23.2. The maximum absolute atomic E-state index is 2.54. The van der Waals surface area contributed by atoms with Crippen LogP contribution in [0.2, 0.25) is 0 Å². The molecule has 0 atom stereocenters. The van der Waals surface area contributed by atoms with Crippen molar-refractivity contribution in [2.75, 3.05) is 9.80 Å². The first kappa shape index (κ1) is 48.7. The molecule has 0 aliphatic carbocycles. The van der Waals surface area contributed by atoms with Crippen LogP contribution in [-0.2, 0) is 0 Å². The maximum atomic E-state index is 2.54. The molecule has 0 amide bonds. The number of hydrogen-bond acceptors (Lipinski definition) is 2. The molecule has 0 aliphatic rings. The van der Waals surface area contributed by atoms with Crippen LogP contribution in [0.3, 0.4) is 0 Å². The van der Waals surface area contributed by atoms with Crippen molar-refractivity contribution in [3.63, 3.8) is 0 Å². The van der Waals surface area contributed by atoms with Crippen molar-refractivity contribution < 1.29 is 0 Å². The van der Waals surface area contributed by atoms with Gasteiger partial charge in [-0.05, 0) is 181 Å². The molecule has 2 aromatic heterocycles. The normalized spacial score (nSPS) is 11.7. The van der Waals surface area contributed by atoms with Crippen LogP contribution in [0.1, 0.15) is 22.3 Å². The molecule has 13 aromatic carbocycles. The molecule has 0 spiro atoms.